The summed E-state index contributed by atoms with van der Waals surface area (Å²) in [5, 5.41) is 0.390. The zero-order valence-corrected chi connectivity index (χ0v) is 18.7. The van der Waals surface area contributed by atoms with Gasteiger partial charge in [0.1, 0.15) is 16.3 Å². The second-order valence-corrected chi connectivity index (χ2v) is 8.20. The Hall–Kier alpha value is -3.04. The molecule has 0 N–H and O–H groups in total. The Kier molecular flexibility index (Phi) is 7.19. The lowest BCUT2D eigenvalue weighted by molar-refractivity contribution is 0.0373. The molecule has 0 aliphatic rings. The number of hydrogen-bond donors (Lipinski definition) is 0. The van der Waals surface area contributed by atoms with Crippen molar-refractivity contribution in [1.82, 2.24) is 9.55 Å². The van der Waals surface area contributed by atoms with Gasteiger partial charge in [-0.05, 0) is 44.0 Å². The van der Waals surface area contributed by atoms with Crippen LogP contribution in [0, 0.1) is 6.92 Å². The lowest BCUT2D eigenvalue weighted by atomic mass is 10.1. The number of nitrogens with zero attached hydrogens (tertiary/aromatic N) is 2. The first-order chi connectivity index (χ1) is 14.8. The van der Waals surface area contributed by atoms with Crippen molar-refractivity contribution in [2.75, 3.05) is 20.3 Å². The van der Waals surface area contributed by atoms with Crippen LogP contribution in [0.25, 0.3) is 10.2 Å². The smallest absolute Gasteiger partial charge is 0.348 e. The summed E-state index contributed by atoms with van der Waals surface area (Å²) in [4.78, 5) is 42.7. The lowest BCUT2D eigenvalue weighted by Crippen LogP contribution is -2.21. The molecule has 0 bridgehead atoms. The third kappa shape index (κ3) is 5.18. The first-order valence-corrected chi connectivity index (χ1v) is 10.6. The molecule has 1 aromatic carbocycles. The number of thiophene rings is 1. The van der Waals surface area contributed by atoms with Crippen LogP contribution in [-0.4, -0.2) is 47.9 Å². The Morgan fingerprint density at radius 3 is 2.68 bits per heavy atom. The van der Waals surface area contributed by atoms with E-state index in [1.165, 1.54) is 18.0 Å². The molecule has 2 heterocycles. The monoisotopic (exact) mass is 444 g/mol. The normalized spacial score (nSPS) is 11.1. The number of carbonyl (C=O) groups is 2. The molecular weight excluding hydrogens is 420 g/mol. The number of methoxy groups -OCH3 is 1. The highest BCUT2D eigenvalue weighted by Gasteiger charge is 2.20. The predicted octanol–water partition coefficient (Wildman–Crippen LogP) is 3.18. The summed E-state index contributed by atoms with van der Waals surface area (Å²) >= 11 is 1.13. The van der Waals surface area contributed by atoms with Crippen molar-refractivity contribution in [2.45, 2.75) is 33.4 Å². The van der Waals surface area contributed by atoms with Gasteiger partial charge in [0, 0.05) is 7.11 Å². The second-order valence-electron chi connectivity index (χ2n) is 7.20. The van der Waals surface area contributed by atoms with Gasteiger partial charge in [-0.25, -0.2) is 14.6 Å². The molecule has 9 heteroatoms. The molecule has 0 amide bonds. The number of hydrogen-bond acceptors (Lipinski definition) is 8. The Morgan fingerprint density at radius 1 is 1.19 bits per heavy atom. The molecule has 0 radical (unpaired) electrons. The Morgan fingerprint density at radius 2 is 1.97 bits per heavy atom. The van der Waals surface area contributed by atoms with E-state index in [4.69, 9.17) is 14.2 Å². The standard InChI is InChI=1S/C22H24N2O6S/c1-13(2)30-21(26)16-7-5-6-15(10-16)11-24-12-23-19-17(20(24)25)14(3)18(31-19)22(27)29-9-8-28-4/h5-7,10,12-13H,8-9,11H2,1-4H3. The van der Waals surface area contributed by atoms with Gasteiger partial charge in [0.25, 0.3) is 5.56 Å². The minimum absolute atomic E-state index is 0.135. The SMILES string of the molecule is COCCOC(=O)c1sc2ncn(Cc3cccc(C(=O)OC(C)C)c3)c(=O)c2c1C. The molecule has 0 aliphatic carbocycles. The average molecular weight is 445 g/mol. The van der Waals surface area contributed by atoms with Crippen LogP contribution in [0.15, 0.2) is 35.4 Å². The summed E-state index contributed by atoms with van der Waals surface area (Å²) in [6, 6.07) is 6.93. The van der Waals surface area contributed by atoms with Crippen LogP contribution in [0.4, 0.5) is 0 Å². The van der Waals surface area contributed by atoms with Crippen LogP contribution in [0.5, 0.6) is 0 Å². The first kappa shape index (κ1) is 22.6. The van der Waals surface area contributed by atoms with Crippen LogP contribution >= 0.6 is 11.3 Å². The molecule has 0 saturated carbocycles. The lowest BCUT2D eigenvalue weighted by Gasteiger charge is -2.10. The summed E-state index contributed by atoms with van der Waals surface area (Å²) in [6.45, 7) is 5.94. The van der Waals surface area contributed by atoms with Gasteiger partial charge in [-0.15, -0.1) is 11.3 Å². The minimum Gasteiger partial charge on any atom is -0.459 e. The molecule has 164 valence electrons. The van der Waals surface area contributed by atoms with Gasteiger partial charge in [-0.1, -0.05) is 12.1 Å². The van der Waals surface area contributed by atoms with Crippen LogP contribution in [0.1, 0.15) is 45.0 Å². The van der Waals surface area contributed by atoms with E-state index in [9.17, 15) is 14.4 Å². The molecule has 0 spiro atoms. The van der Waals surface area contributed by atoms with Crippen molar-refractivity contribution in [3.63, 3.8) is 0 Å². The highest BCUT2D eigenvalue weighted by atomic mass is 32.1. The minimum atomic E-state index is -0.500. The van der Waals surface area contributed by atoms with Gasteiger partial charge in [-0.2, -0.15) is 0 Å². The Bertz CT molecular complexity index is 1160. The van der Waals surface area contributed by atoms with Gasteiger partial charge in [0.15, 0.2) is 0 Å². The number of carbonyl (C=O) groups excluding carboxylic acids is 2. The molecule has 3 aromatic rings. The van der Waals surface area contributed by atoms with E-state index in [1.807, 2.05) is 6.07 Å². The number of esters is 2. The Balaban J connectivity index is 1.88. The van der Waals surface area contributed by atoms with Gasteiger partial charge < -0.3 is 14.2 Å². The summed E-state index contributed by atoms with van der Waals surface area (Å²) in [7, 11) is 1.52. The maximum atomic E-state index is 13.1. The van der Waals surface area contributed by atoms with E-state index >= 15 is 0 Å². The highest BCUT2D eigenvalue weighted by Crippen LogP contribution is 2.27. The van der Waals surface area contributed by atoms with E-state index in [2.05, 4.69) is 4.98 Å². The number of ether oxygens (including phenoxy) is 3. The number of rotatable bonds is 8. The van der Waals surface area contributed by atoms with Crippen molar-refractivity contribution < 1.29 is 23.8 Å². The van der Waals surface area contributed by atoms with E-state index < -0.39 is 11.9 Å². The predicted molar refractivity (Wildman–Crippen MR) is 117 cm³/mol. The summed E-state index contributed by atoms with van der Waals surface area (Å²) in [5.74, 6) is -0.914. The third-order valence-electron chi connectivity index (χ3n) is 4.48. The second kappa shape index (κ2) is 9.84. The summed E-state index contributed by atoms with van der Waals surface area (Å²) in [6.07, 6.45) is 1.22. The van der Waals surface area contributed by atoms with Gasteiger partial charge in [0.05, 0.1) is 36.5 Å². The third-order valence-corrected chi connectivity index (χ3v) is 5.66. The summed E-state index contributed by atoms with van der Waals surface area (Å²) < 4.78 is 16.7. The number of fused-ring (bicyclic) bond motifs is 1. The molecule has 0 atom stereocenters. The van der Waals surface area contributed by atoms with Crippen LogP contribution in [0.3, 0.4) is 0 Å². The van der Waals surface area contributed by atoms with Gasteiger partial charge in [-0.3, -0.25) is 9.36 Å². The topological polar surface area (TPSA) is 96.7 Å². The quantitative estimate of drug-likeness (QED) is 0.389. The highest BCUT2D eigenvalue weighted by molar-refractivity contribution is 7.20. The molecule has 2 aromatic heterocycles. The molecule has 31 heavy (non-hydrogen) atoms. The van der Waals surface area contributed by atoms with Crippen molar-refractivity contribution in [3.05, 3.63) is 62.5 Å². The fourth-order valence-corrected chi connectivity index (χ4v) is 4.06. The van der Waals surface area contributed by atoms with Crippen LogP contribution in [-0.2, 0) is 20.8 Å². The zero-order chi connectivity index (χ0) is 22.5. The van der Waals surface area contributed by atoms with Crippen LogP contribution < -0.4 is 5.56 Å². The van der Waals surface area contributed by atoms with Crippen molar-refractivity contribution >= 4 is 33.5 Å². The van der Waals surface area contributed by atoms with Crippen molar-refractivity contribution in [1.29, 1.82) is 0 Å². The Labute approximate surface area is 183 Å². The fraction of sp³-hybridized carbons (Fsp3) is 0.364. The van der Waals surface area contributed by atoms with E-state index in [-0.39, 0.29) is 24.8 Å². The maximum absolute atomic E-state index is 13.1. The molecule has 0 unspecified atom stereocenters. The van der Waals surface area contributed by atoms with Crippen molar-refractivity contribution in [2.24, 2.45) is 0 Å². The molecule has 8 nitrogen and oxygen atoms in total. The number of aryl methyl sites for hydroxylation is 1. The first-order valence-electron chi connectivity index (χ1n) is 9.76. The largest absolute Gasteiger partial charge is 0.459 e. The van der Waals surface area contributed by atoms with E-state index in [0.29, 0.717) is 32.8 Å². The molecule has 3 rings (SSSR count). The number of aromatic nitrogens is 2. The van der Waals surface area contributed by atoms with E-state index in [1.54, 1.807) is 39.0 Å². The van der Waals surface area contributed by atoms with E-state index in [0.717, 1.165) is 16.9 Å². The zero-order valence-electron chi connectivity index (χ0n) is 17.8. The van der Waals surface area contributed by atoms with Gasteiger partial charge >= 0.3 is 11.9 Å². The van der Waals surface area contributed by atoms with Crippen LogP contribution in [0.2, 0.25) is 0 Å². The fourth-order valence-electron chi connectivity index (χ4n) is 3.03. The van der Waals surface area contributed by atoms with Crippen molar-refractivity contribution in [3.8, 4) is 0 Å². The maximum Gasteiger partial charge on any atom is 0.348 e. The average Bonchev–Trinajstić information content (AvgIpc) is 3.07. The molecule has 0 fully saturated rings. The van der Waals surface area contributed by atoms with Gasteiger partial charge in [0.2, 0.25) is 0 Å². The summed E-state index contributed by atoms with van der Waals surface area (Å²) in [5.41, 5.74) is 1.46. The molecular formula is C22H24N2O6S. The molecule has 0 aliphatic heterocycles. The number of benzene rings is 1. The molecule has 0 saturated heterocycles.